The van der Waals surface area contributed by atoms with Gasteiger partial charge in [-0.05, 0) is 39.8 Å². The van der Waals surface area contributed by atoms with Crippen LogP contribution in [0.4, 0.5) is 4.39 Å². The predicted molar refractivity (Wildman–Crippen MR) is 86.3 cm³/mol. The molecule has 0 spiro atoms. The molecule has 0 N–H and O–H groups in total. The Labute approximate surface area is 139 Å². The summed E-state index contributed by atoms with van der Waals surface area (Å²) in [6, 6.07) is 6.09. The highest BCUT2D eigenvalue weighted by Crippen LogP contribution is 2.27. The molecule has 0 aliphatic rings. The summed E-state index contributed by atoms with van der Waals surface area (Å²) in [5.74, 6) is -0.671. The van der Waals surface area contributed by atoms with Gasteiger partial charge < -0.3 is 4.74 Å². The fourth-order valence-electron chi connectivity index (χ4n) is 1.86. The van der Waals surface area contributed by atoms with Crippen molar-refractivity contribution in [1.29, 1.82) is 0 Å². The molecule has 1 heterocycles. The Kier molecular flexibility index (Phi) is 5.04. The number of hydrogen-bond acceptors (Lipinski definition) is 4. The van der Waals surface area contributed by atoms with Crippen LogP contribution in [-0.2, 0) is 0 Å². The molecular weight excluding hydrogens is 321 g/mol. The molecule has 1 aromatic carbocycles. The predicted octanol–water partition coefficient (Wildman–Crippen LogP) is 3.78. The molecule has 5 nitrogen and oxygen atoms in total. The molecule has 1 aromatic heterocycles. The molecule has 0 amide bonds. The van der Waals surface area contributed by atoms with Crippen LogP contribution in [-0.4, -0.2) is 32.7 Å². The lowest BCUT2D eigenvalue weighted by Gasteiger charge is -2.19. The van der Waals surface area contributed by atoms with Gasteiger partial charge in [0.05, 0.1) is 17.1 Å². The summed E-state index contributed by atoms with van der Waals surface area (Å²) in [6.45, 7) is 7.01. The average molecular weight is 340 g/mol. The second kappa shape index (κ2) is 6.66. The number of alkyl halides is 1. The Balaban J connectivity index is 2.58. The maximum Gasteiger partial charge on any atom is 0.336 e. The van der Waals surface area contributed by atoms with Gasteiger partial charge in [0.2, 0.25) is 0 Å². The van der Waals surface area contributed by atoms with Crippen molar-refractivity contribution in [2.24, 2.45) is 5.41 Å². The molecule has 0 radical (unpaired) electrons. The van der Waals surface area contributed by atoms with Crippen molar-refractivity contribution in [3.63, 3.8) is 0 Å². The zero-order chi connectivity index (χ0) is 17.2. The molecule has 23 heavy (non-hydrogen) atoms. The van der Waals surface area contributed by atoms with E-state index < -0.39 is 11.2 Å². The van der Waals surface area contributed by atoms with Crippen LogP contribution < -0.4 is 4.74 Å². The Hall–Kier alpha value is -1.95. The molecule has 0 unspecified atom stereocenters. The van der Waals surface area contributed by atoms with Gasteiger partial charge in [0.15, 0.2) is 5.82 Å². The van der Waals surface area contributed by atoms with E-state index in [9.17, 15) is 9.18 Å². The van der Waals surface area contributed by atoms with Gasteiger partial charge in [-0.1, -0.05) is 12.1 Å². The van der Waals surface area contributed by atoms with E-state index >= 15 is 0 Å². The van der Waals surface area contributed by atoms with Gasteiger partial charge in [-0.15, -0.1) is 16.7 Å². The molecule has 0 bridgehead atoms. The first-order valence-electron chi connectivity index (χ1n) is 7.25. The zero-order valence-electron chi connectivity index (χ0n) is 13.5. The third-order valence-electron chi connectivity index (χ3n) is 3.15. The first-order valence-corrected chi connectivity index (χ1v) is 7.79. The zero-order valence-corrected chi connectivity index (χ0v) is 14.3. The third-order valence-corrected chi connectivity index (χ3v) is 3.82. The van der Waals surface area contributed by atoms with Crippen LogP contribution in [0.15, 0.2) is 24.3 Å². The van der Waals surface area contributed by atoms with Crippen molar-refractivity contribution in [3.05, 3.63) is 30.1 Å². The van der Waals surface area contributed by atoms with Gasteiger partial charge >= 0.3 is 6.01 Å². The fraction of sp³-hybridized carbons (Fsp3) is 0.438. The number of rotatable bonds is 5. The fourth-order valence-corrected chi connectivity index (χ4v) is 1.97. The van der Waals surface area contributed by atoms with Gasteiger partial charge in [-0.25, -0.2) is 4.39 Å². The van der Waals surface area contributed by atoms with Crippen LogP contribution in [0, 0.1) is 11.2 Å². The monoisotopic (exact) mass is 339 g/mol. The molecular formula is C16H19ClFN3O2. The van der Waals surface area contributed by atoms with Gasteiger partial charge in [0.25, 0.3) is 5.91 Å². The van der Waals surface area contributed by atoms with Gasteiger partial charge in [0, 0.05) is 5.88 Å². The number of hydrogen-bond donors (Lipinski definition) is 0. The number of benzene rings is 1. The summed E-state index contributed by atoms with van der Waals surface area (Å²) in [5, 5.41) is 4.09. The van der Waals surface area contributed by atoms with Gasteiger partial charge in [0.1, 0.15) is 5.82 Å². The minimum atomic E-state index is -0.871. The minimum absolute atomic E-state index is 0.0250. The lowest BCUT2D eigenvalue weighted by atomic mass is 9.95. The number of halogens is 2. The second-order valence-corrected chi connectivity index (χ2v) is 6.37. The van der Waals surface area contributed by atoms with Crippen molar-refractivity contribution >= 4 is 17.5 Å². The van der Waals surface area contributed by atoms with E-state index in [4.69, 9.17) is 16.3 Å². The van der Waals surface area contributed by atoms with E-state index in [-0.39, 0.29) is 35.3 Å². The van der Waals surface area contributed by atoms with E-state index in [1.54, 1.807) is 26.0 Å². The standard InChI is InChI=1S/C16H19ClFN3O2/c1-10(2)23-15-19-13(11-7-5-6-8-12(11)18)21(20-15)14(22)16(3,4)9-17/h5-8,10H,9H2,1-4H3. The van der Waals surface area contributed by atoms with Crippen molar-refractivity contribution < 1.29 is 13.9 Å². The Morgan fingerprint density at radius 1 is 1.39 bits per heavy atom. The second-order valence-electron chi connectivity index (χ2n) is 6.10. The van der Waals surface area contributed by atoms with Crippen LogP contribution >= 0.6 is 11.6 Å². The highest BCUT2D eigenvalue weighted by atomic mass is 35.5. The van der Waals surface area contributed by atoms with E-state index in [0.717, 1.165) is 4.68 Å². The Bertz CT molecular complexity index is 713. The van der Waals surface area contributed by atoms with Gasteiger partial charge in [-0.2, -0.15) is 9.67 Å². The highest BCUT2D eigenvalue weighted by molar-refractivity contribution is 6.20. The number of carbonyl (C=O) groups is 1. The van der Waals surface area contributed by atoms with E-state index in [2.05, 4.69) is 10.1 Å². The van der Waals surface area contributed by atoms with Crippen molar-refractivity contribution in [1.82, 2.24) is 14.8 Å². The molecule has 7 heteroatoms. The van der Waals surface area contributed by atoms with E-state index in [1.165, 1.54) is 12.1 Å². The molecule has 0 saturated carbocycles. The Morgan fingerprint density at radius 2 is 2.04 bits per heavy atom. The molecule has 2 rings (SSSR count). The first kappa shape index (κ1) is 17.4. The molecule has 0 aliphatic heterocycles. The summed E-state index contributed by atoms with van der Waals surface area (Å²) < 4.78 is 20.6. The topological polar surface area (TPSA) is 57.0 Å². The summed E-state index contributed by atoms with van der Waals surface area (Å²) >= 11 is 5.87. The smallest absolute Gasteiger partial charge is 0.336 e. The summed E-state index contributed by atoms with van der Waals surface area (Å²) in [7, 11) is 0. The Morgan fingerprint density at radius 3 is 2.61 bits per heavy atom. The van der Waals surface area contributed by atoms with E-state index in [0.29, 0.717) is 0 Å². The molecule has 124 valence electrons. The maximum atomic E-state index is 14.1. The van der Waals surface area contributed by atoms with Crippen LogP contribution in [0.1, 0.15) is 32.5 Å². The lowest BCUT2D eigenvalue weighted by Crippen LogP contribution is -2.32. The number of ether oxygens (including phenoxy) is 1. The molecule has 2 aromatic rings. The SMILES string of the molecule is CC(C)Oc1nc(-c2ccccc2F)n(C(=O)C(C)(C)CCl)n1. The van der Waals surface area contributed by atoms with Crippen molar-refractivity contribution in [2.75, 3.05) is 5.88 Å². The molecule has 0 aliphatic carbocycles. The third kappa shape index (κ3) is 3.69. The quantitative estimate of drug-likeness (QED) is 0.778. The largest absolute Gasteiger partial charge is 0.460 e. The normalized spacial score (nSPS) is 11.8. The lowest BCUT2D eigenvalue weighted by molar-refractivity contribution is 0.0751. The van der Waals surface area contributed by atoms with E-state index in [1.807, 2.05) is 13.8 Å². The number of carbonyl (C=O) groups excluding carboxylic acids is 1. The summed E-state index contributed by atoms with van der Waals surface area (Å²) in [6.07, 6.45) is -0.171. The average Bonchev–Trinajstić information content (AvgIpc) is 2.89. The molecule has 0 atom stereocenters. The van der Waals surface area contributed by atoms with Crippen LogP contribution in [0.2, 0.25) is 0 Å². The van der Waals surface area contributed by atoms with Crippen LogP contribution in [0.25, 0.3) is 11.4 Å². The van der Waals surface area contributed by atoms with Crippen molar-refractivity contribution in [2.45, 2.75) is 33.8 Å². The first-order chi connectivity index (χ1) is 10.8. The number of aromatic nitrogens is 3. The van der Waals surface area contributed by atoms with Crippen molar-refractivity contribution in [3.8, 4) is 17.4 Å². The molecule has 0 fully saturated rings. The number of nitrogens with zero attached hydrogens (tertiary/aromatic N) is 3. The van der Waals surface area contributed by atoms with Gasteiger partial charge in [-0.3, -0.25) is 4.79 Å². The highest BCUT2D eigenvalue weighted by Gasteiger charge is 2.32. The summed E-state index contributed by atoms with van der Waals surface area (Å²) in [4.78, 5) is 16.9. The van der Waals surface area contributed by atoms with Crippen LogP contribution in [0.3, 0.4) is 0 Å². The minimum Gasteiger partial charge on any atom is -0.460 e. The summed E-state index contributed by atoms with van der Waals surface area (Å²) in [5.41, 5.74) is -0.693. The molecule has 0 saturated heterocycles. The van der Waals surface area contributed by atoms with Crippen LogP contribution in [0.5, 0.6) is 6.01 Å². The maximum absolute atomic E-state index is 14.1.